The van der Waals surface area contributed by atoms with Crippen LogP contribution >= 0.6 is 0 Å². The van der Waals surface area contributed by atoms with Gasteiger partial charge in [-0.15, -0.1) is 0 Å². The van der Waals surface area contributed by atoms with Crippen LogP contribution in [0.25, 0.3) is 16.7 Å². The molecule has 3 aromatic heterocycles. The Kier molecular flexibility index (Phi) is 5.24. The molecule has 0 fully saturated rings. The molecule has 176 valence electrons. The van der Waals surface area contributed by atoms with Gasteiger partial charge in [-0.3, -0.25) is 9.48 Å². The van der Waals surface area contributed by atoms with E-state index >= 15 is 0 Å². The van der Waals surface area contributed by atoms with Crippen LogP contribution < -0.4 is 15.8 Å². The van der Waals surface area contributed by atoms with Crippen LogP contribution in [-0.4, -0.2) is 37.3 Å². The highest BCUT2D eigenvalue weighted by Gasteiger charge is 2.26. The monoisotopic (exact) mass is 461 g/mol. The fourth-order valence-corrected chi connectivity index (χ4v) is 4.19. The van der Waals surface area contributed by atoms with Crippen molar-refractivity contribution in [2.24, 2.45) is 0 Å². The molecule has 0 saturated heterocycles. The van der Waals surface area contributed by atoms with E-state index in [4.69, 9.17) is 15.2 Å². The number of nitrogen functional groups attached to an aromatic ring is 1. The standard InChI is InChI=1S/C24H27N7O3/c1-24(2,3)19-7-8-30(29-19)10-20(32)28-16-6-5-14(9-18(16)33-4)31-17-12-34-11-15(17)21-22(31)23(25)27-13-26-21/h5-9,13H,10-12H2,1-4H3,(H,28,32)(H2,25,26,27). The molecular weight excluding hydrogens is 434 g/mol. The molecule has 34 heavy (non-hydrogen) atoms. The lowest BCUT2D eigenvalue weighted by Gasteiger charge is -2.15. The molecular formula is C24H27N7O3. The predicted octanol–water partition coefficient (Wildman–Crippen LogP) is 3.17. The molecule has 0 bridgehead atoms. The van der Waals surface area contributed by atoms with Crippen molar-refractivity contribution >= 4 is 28.4 Å². The van der Waals surface area contributed by atoms with Gasteiger partial charge in [0.05, 0.1) is 37.4 Å². The van der Waals surface area contributed by atoms with Crippen molar-refractivity contribution in [3.05, 3.63) is 53.7 Å². The Balaban J connectivity index is 1.44. The summed E-state index contributed by atoms with van der Waals surface area (Å²) >= 11 is 0. The lowest BCUT2D eigenvalue weighted by molar-refractivity contribution is -0.116. The van der Waals surface area contributed by atoms with E-state index in [1.54, 1.807) is 11.8 Å². The SMILES string of the molecule is COc1cc(-n2c3c(c4ncnc(N)c42)COC3)ccc1NC(=O)Cn1ccc(C(C)(C)C)n1. The van der Waals surface area contributed by atoms with Gasteiger partial charge < -0.3 is 25.1 Å². The molecule has 0 atom stereocenters. The Morgan fingerprint density at radius 2 is 2.06 bits per heavy atom. The summed E-state index contributed by atoms with van der Waals surface area (Å²) in [5, 5.41) is 7.43. The van der Waals surface area contributed by atoms with Gasteiger partial charge in [-0.2, -0.15) is 5.10 Å². The topological polar surface area (TPSA) is 122 Å². The maximum absolute atomic E-state index is 12.7. The zero-order valence-electron chi connectivity index (χ0n) is 19.6. The Hall–Kier alpha value is -3.92. The van der Waals surface area contributed by atoms with Crippen molar-refractivity contribution in [2.75, 3.05) is 18.2 Å². The summed E-state index contributed by atoms with van der Waals surface area (Å²) in [6.07, 6.45) is 3.27. The first-order valence-corrected chi connectivity index (χ1v) is 11.0. The van der Waals surface area contributed by atoms with Gasteiger partial charge in [-0.1, -0.05) is 20.8 Å². The second-order valence-electron chi connectivity index (χ2n) is 9.29. The van der Waals surface area contributed by atoms with Crippen LogP contribution in [0.5, 0.6) is 5.75 Å². The predicted molar refractivity (Wildman–Crippen MR) is 128 cm³/mol. The van der Waals surface area contributed by atoms with Gasteiger partial charge in [-0.05, 0) is 18.2 Å². The summed E-state index contributed by atoms with van der Waals surface area (Å²) in [4.78, 5) is 21.3. The number of carbonyl (C=O) groups is 1. The number of benzene rings is 1. The van der Waals surface area contributed by atoms with E-state index in [9.17, 15) is 4.79 Å². The zero-order chi connectivity index (χ0) is 24.0. The van der Waals surface area contributed by atoms with E-state index in [0.29, 0.717) is 30.5 Å². The van der Waals surface area contributed by atoms with Crippen LogP contribution in [0.3, 0.4) is 0 Å². The van der Waals surface area contributed by atoms with Crippen LogP contribution in [0.15, 0.2) is 36.8 Å². The minimum atomic E-state index is -0.201. The van der Waals surface area contributed by atoms with Gasteiger partial charge in [0.25, 0.3) is 0 Å². The molecule has 0 radical (unpaired) electrons. The summed E-state index contributed by atoms with van der Waals surface area (Å²) in [6.45, 7) is 7.28. The summed E-state index contributed by atoms with van der Waals surface area (Å²) in [5.74, 6) is 0.712. The van der Waals surface area contributed by atoms with E-state index in [1.807, 2.05) is 35.0 Å². The molecule has 0 aliphatic carbocycles. The number of nitrogens with one attached hydrogen (secondary N) is 1. The number of nitrogens with zero attached hydrogens (tertiary/aromatic N) is 5. The summed E-state index contributed by atoms with van der Waals surface area (Å²) < 4.78 is 14.9. The molecule has 1 aliphatic heterocycles. The van der Waals surface area contributed by atoms with Gasteiger partial charge >= 0.3 is 0 Å². The first-order valence-electron chi connectivity index (χ1n) is 11.0. The number of hydrogen-bond acceptors (Lipinski definition) is 7. The van der Waals surface area contributed by atoms with Gasteiger partial charge in [0.2, 0.25) is 5.91 Å². The average molecular weight is 462 g/mol. The van der Waals surface area contributed by atoms with E-state index < -0.39 is 0 Å². The number of fused-ring (bicyclic) bond motifs is 3. The first-order chi connectivity index (χ1) is 16.3. The molecule has 1 aliphatic rings. The second-order valence-corrected chi connectivity index (χ2v) is 9.29. The number of aromatic nitrogens is 5. The summed E-state index contributed by atoms with van der Waals surface area (Å²) in [7, 11) is 1.57. The Labute approximate surface area is 196 Å². The highest BCUT2D eigenvalue weighted by molar-refractivity contribution is 5.93. The largest absolute Gasteiger partial charge is 0.494 e. The van der Waals surface area contributed by atoms with Crippen LogP contribution in [-0.2, 0) is 34.7 Å². The van der Waals surface area contributed by atoms with E-state index in [2.05, 4.69) is 41.2 Å². The third kappa shape index (κ3) is 3.75. The van der Waals surface area contributed by atoms with E-state index in [0.717, 1.165) is 33.7 Å². The maximum Gasteiger partial charge on any atom is 0.246 e. The second kappa shape index (κ2) is 8.14. The van der Waals surface area contributed by atoms with Gasteiger partial charge in [0, 0.05) is 28.9 Å². The minimum Gasteiger partial charge on any atom is -0.494 e. The molecule has 10 heteroatoms. The fourth-order valence-electron chi connectivity index (χ4n) is 4.19. The Morgan fingerprint density at radius 1 is 1.24 bits per heavy atom. The highest BCUT2D eigenvalue weighted by atomic mass is 16.5. The minimum absolute atomic E-state index is 0.0803. The summed E-state index contributed by atoms with van der Waals surface area (Å²) in [5.41, 5.74) is 12.0. The van der Waals surface area contributed by atoms with Crippen LogP contribution in [0.4, 0.5) is 11.5 Å². The van der Waals surface area contributed by atoms with Crippen molar-refractivity contribution in [1.29, 1.82) is 0 Å². The first kappa shape index (κ1) is 21.9. The maximum atomic E-state index is 12.7. The normalized spacial score (nSPS) is 13.3. The van der Waals surface area contributed by atoms with E-state index in [-0.39, 0.29) is 17.9 Å². The van der Waals surface area contributed by atoms with Crippen LogP contribution in [0.2, 0.25) is 0 Å². The molecule has 1 amide bonds. The number of anilines is 2. The Morgan fingerprint density at radius 3 is 2.79 bits per heavy atom. The van der Waals surface area contributed by atoms with Gasteiger partial charge in [0.1, 0.15) is 29.7 Å². The third-order valence-corrected chi connectivity index (χ3v) is 5.90. The molecule has 4 aromatic rings. The molecule has 3 N–H and O–H groups in total. The lowest BCUT2D eigenvalue weighted by atomic mass is 9.93. The molecule has 0 spiro atoms. The van der Waals surface area contributed by atoms with Crippen LogP contribution in [0, 0.1) is 0 Å². The van der Waals surface area contributed by atoms with Crippen molar-refractivity contribution in [3.63, 3.8) is 0 Å². The quantitative estimate of drug-likeness (QED) is 0.468. The number of rotatable bonds is 5. The molecule has 0 unspecified atom stereocenters. The van der Waals surface area contributed by atoms with E-state index in [1.165, 1.54) is 6.33 Å². The molecule has 10 nitrogen and oxygen atoms in total. The van der Waals surface area contributed by atoms with Crippen molar-refractivity contribution < 1.29 is 14.3 Å². The number of ether oxygens (including phenoxy) is 2. The molecule has 0 saturated carbocycles. The average Bonchev–Trinajstić information content (AvgIpc) is 3.50. The van der Waals surface area contributed by atoms with Crippen molar-refractivity contribution in [2.45, 2.75) is 45.9 Å². The Bertz CT molecular complexity index is 1400. The van der Waals surface area contributed by atoms with Crippen LogP contribution in [0.1, 0.15) is 37.7 Å². The molecule has 5 rings (SSSR count). The molecule has 4 heterocycles. The van der Waals surface area contributed by atoms with Crippen molar-refractivity contribution in [3.8, 4) is 11.4 Å². The number of methoxy groups -OCH3 is 1. The zero-order valence-corrected chi connectivity index (χ0v) is 19.6. The number of amides is 1. The fraction of sp³-hybridized carbons (Fsp3) is 0.333. The lowest BCUT2D eigenvalue weighted by Crippen LogP contribution is -2.20. The number of nitrogens with two attached hydrogens (primary N) is 1. The number of hydrogen-bond donors (Lipinski definition) is 2. The van der Waals surface area contributed by atoms with Crippen molar-refractivity contribution in [1.82, 2.24) is 24.3 Å². The summed E-state index contributed by atoms with van der Waals surface area (Å²) in [6, 6.07) is 7.49. The number of carbonyl (C=O) groups excluding carboxylic acids is 1. The van der Waals surface area contributed by atoms with Gasteiger partial charge in [0.15, 0.2) is 5.82 Å². The smallest absolute Gasteiger partial charge is 0.246 e. The van der Waals surface area contributed by atoms with Gasteiger partial charge in [-0.25, -0.2) is 9.97 Å². The molecule has 1 aromatic carbocycles. The third-order valence-electron chi connectivity index (χ3n) is 5.90. The highest BCUT2D eigenvalue weighted by Crippen LogP contribution is 2.37.